The van der Waals surface area contributed by atoms with E-state index in [2.05, 4.69) is 57.8 Å². The summed E-state index contributed by atoms with van der Waals surface area (Å²) in [6.07, 6.45) is 8.72. The first kappa shape index (κ1) is 20.3. The zero-order valence-electron chi connectivity index (χ0n) is 14.8. The molecule has 0 spiro atoms. The van der Waals surface area contributed by atoms with Crippen molar-refractivity contribution in [1.82, 2.24) is 5.32 Å². The minimum Gasteiger partial charge on any atom is -0.301 e. The second kappa shape index (κ2) is 10.9. The van der Waals surface area contributed by atoms with Gasteiger partial charge in [0.15, 0.2) is 0 Å². The highest BCUT2D eigenvalue weighted by molar-refractivity contribution is 7.80. The summed E-state index contributed by atoms with van der Waals surface area (Å²) in [4.78, 5) is 21.7. The zero-order chi connectivity index (χ0) is 17.2. The molecule has 0 bridgehead atoms. The van der Waals surface area contributed by atoms with E-state index in [9.17, 15) is 4.79 Å². The number of rotatable bonds is 8. The Morgan fingerprint density at radius 2 is 2.09 bits per heavy atom. The Bertz CT molecular complexity index is 430. The third-order valence-electron chi connectivity index (χ3n) is 4.13. The highest BCUT2D eigenvalue weighted by atomic mass is 32.1. The fraction of sp³-hybridized carbons (Fsp3) is 0.722. The molecule has 1 aliphatic heterocycles. The van der Waals surface area contributed by atoms with E-state index in [1.54, 1.807) is 0 Å². The van der Waals surface area contributed by atoms with Gasteiger partial charge in [0.05, 0.1) is 0 Å². The van der Waals surface area contributed by atoms with Gasteiger partial charge < -0.3 is 5.32 Å². The van der Waals surface area contributed by atoms with E-state index >= 15 is 0 Å². The Morgan fingerprint density at radius 3 is 2.74 bits per heavy atom. The van der Waals surface area contributed by atoms with Crippen molar-refractivity contribution in [3.8, 4) is 0 Å². The van der Waals surface area contributed by atoms with Crippen molar-refractivity contribution in [2.75, 3.05) is 12.3 Å². The minimum absolute atomic E-state index is 0.108. The lowest BCUT2D eigenvalue weighted by Crippen LogP contribution is -2.40. The van der Waals surface area contributed by atoms with Gasteiger partial charge in [0.1, 0.15) is 12.1 Å². The summed E-state index contributed by atoms with van der Waals surface area (Å²) in [6.45, 7) is 9.19. The van der Waals surface area contributed by atoms with Crippen LogP contribution in [0.15, 0.2) is 23.3 Å². The van der Waals surface area contributed by atoms with Crippen LogP contribution in [0, 0.1) is 5.92 Å². The van der Waals surface area contributed by atoms with Crippen molar-refractivity contribution in [2.24, 2.45) is 5.92 Å². The van der Waals surface area contributed by atoms with Gasteiger partial charge in [0, 0.05) is 12.3 Å². The highest BCUT2D eigenvalue weighted by Gasteiger charge is 2.29. The fourth-order valence-corrected chi connectivity index (χ4v) is 2.73. The molecule has 0 aromatic carbocycles. The third kappa shape index (κ3) is 8.04. The molecular weight excluding hydrogens is 310 g/mol. The van der Waals surface area contributed by atoms with Gasteiger partial charge >= 0.3 is 5.97 Å². The third-order valence-corrected chi connectivity index (χ3v) is 4.49. The van der Waals surface area contributed by atoms with Gasteiger partial charge in [0.25, 0.3) is 0 Å². The molecule has 0 radical (unpaired) electrons. The molecule has 1 rings (SSSR count). The van der Waals surface area contributed by atoms with Gasteiger partial charge in [-0.1, -0.05) is 30.2 Å². The Morgan fingerprint density at radius 1 is 1.35 bits per heavy atom. The van der Waals surface area contributed by atoms with Crippen LogP contribution in [0.5, 0.6) is 0 Å². The first-order valence-corrected chi connectivity index (χ1v) is 9.07. The summed E-state index contributed by atoms with van der Waals surface area (Å²) >= 11 is 4.14. The lowest BCUT2D eigenvalue weighted by atomic mass is 9.97. The predicted octanol–water partition coefficient (Wildman–Crippen LogP) is 3.84. The van der Waals surface area contributed by atoms with Gasteiger partial charge in [-0.25, -0.2) is 4.79 Å². The lowest BCUT2D eigenvalue weighted by molar-refractivity contribution is -0.299. The Labute approximate surface area is 146 Å². The van der Waals surface area contributed by atoms with Crippen molar-refractivity contribution in [3.05, 3.63) is 23.3 Å². The maximum absolute atomic E-state index is 11.6. The highest BCUT2D eigenvalue weighted by Crippen LogP contribution is 2.18. The molecule has 0 saturated carbocycles. The van der Waals surface area contributed by atoms with Gasteiger partial charge in [-0.3, -0.25) is 4.89 Å². The van der Waals surface area contributed by atoms with Crippen molar-refractivity contribution < 1.29 is 14.6 Å². The maximum atomic E-state index is 11.6. The maximum Gasteiger partial charge on any atom is 0.359 e. The monoisotopic (exact) mass is 341 g/mol. The molecule has 5 heteroatoms. The number of hydrogen-bond donors (Lipinski definition) is 2. The van der Waals surface area contributed by atoms with Crippen LogP contribution in [-0.4, -0.2) is 30.4 Å². The van der Waals surface area contributed by atoms with Crippen LogP contribution in [0.4, 0.5) is 0 Å². The fourth-order valence-electron chi connectivity index (χ4n) is 2.45. The lowest BCUT2D eigenvalue weighted by Gasteiger charge is -2.19. The number of allylic oxidation sites excluding steroid dienone is 4. The van der Waals surface area contributed by atoms with E-state index in [-0.39, 0.29) is 18.1 Å². The van der Waals surface area contributed by atoms with E-state index in [0.717, 1.165) is 25.7 Å². The molecule has 4 nitrogen and oxygen atoms in total. The molecule has 1 N–H and O–H groups in total. The smallest absolute Gasteiger partial charge is 0.301 e. The molecule has 1 aliphatic rings. The molecule has 2 unspecified atom stereocenters. The average Bonchev–Trinajstić information content (AvgIpc) is 2.68. The second-order valence-electron chi connectivity index (χ2n) is 6.61. The number of carbonyl (C=O) groups is 1. The van der Waals surface area contributed by atoms with E-state index in [4.69, 9.17) is 9.78 Å². The number of nitrogens with one attached hydrogen (secondary N) is 1. The summed E-state index contributed by atoms with van der Waals surface area (Å²) < 4.78 is 0. The average molecular weight is 342 g/mol. The quantitative estimate of drug-likeness (QED) is 0.400. The van der Waals surface area contributed by atoms with Crippen LogP contribution in [0.2, 0.25) is 0 Å². The Hall–Kier alpha value is -0.780. The molecule has 0 amide bonds. The molecule has 0 aliphatic carbocycles. The summed E-state index contributed by atoms with van der Waals surface area (Å²) in [5.41, 5.74) is 2.80. The van der Waals surface area contributed by atoms with Crippen LogP contribution in [-0.2, 0) is 14.6 Å². The molecule has 1 saturated heterocycles. The Balaban J connectivity index is 2.34. The summed E-state index contributed by atoms with van der Waals surface area (Å²) in [5.74, 6) is 0.345. The predicted molar refractivity (Wildman–Crippen MR) is 97.4 cm³/mol. The van der Waals surface area contributed by atoms with Gasteiger partial charge in [0.2, 0.25) is 0 Å². The van der Waals surface area contributed by atoms with Crippen LogP contribution in [0.25, 0.3) is 0 Å². The first-order valence-electron chi connectivity index (χ1n) is 8.44. The second-order valence-corrected chi connectivity index (χ2v) is 6.97. The normalized spacial score (nSPS) is 23.9. The molecule has 132 valence electrons. The summed E-state index contributed by atoms with van der Waals surface area (Å²) in [5, 5.41) is 3.15. The van der Waals surface area contributed by atoms with Crippen molar-refractivity contribution in [3.63, 3.8) is 0 Å². The van der Waals surface area contributed by atoms with Crippen LogP contribution < -0.4 is 5.32 Å². The van der Waals surface area contributed by atoms with Crippen molar-refractivity contribution in [2.45, 2.75) is 65.5 Å². The number of hydrogen-bond acceptors (Lipinski definition) is 5. The molecule has 3 atom stereocenters. The number of carbonyl (C=O) groups excluding carboxylic acids is 1. The largest absolute Gasteiger partial charge is 0.359 e. The van der Waals surface area contributed by atoms with E-state index in [1.165, 1.54) is 11.1 Å². The molecule has 23 heavy (non-hydrogen) atoms. The topological polar surface area (TPSA) is 47.6 Å². The van der Waals surface area contributed by atoms with Gasteiger partial charge in [-0.2, -0.15) is 17.5 Å². The van der Waals surface area contributed by atoms with E-state index in [1.807, 2.05) is 0 Å². The van der Waals surface area contributed by atoms with Gasteiger partial charge in [-0.05, 0) is 52.4 Å². The van der Waals surface area contributed by atoms with Crippen LogP contribution in [0.1, 0.15) is 53.4 Å². The number of thiol groups is 1. The Kier molecular flexibility index (Phi) is 9.60. The molecule has 0 aromatic heterocycles. The van der Waals surface area contributed by atoms with Gasteiger partial charge in [-0.15, -0.1) is 0 Å². The first-order chi connectivity index (χ1) is 10.9. The van der Waals surface area contributed by atoms with E-state index in [0.29, 0.717) is 18.2 Å². The summed E-state index contributed by atoms with van der Waals surface area (Å²) in [7, 11) is 0. The van der Waals surface area contributed by atoms with Crippen molar-refractivity contribution >= 4 is 18.6 Å². The SMILES string of the molecule is CC(C)=CCCC(C)=CCCC(C)C1CN[C@@H](CS)C(=O)OO1. The standard InChI is InChI=1S/C18H31NO3S/c1-13(2)7-5-8-14(3)9-6-10-15(4)17-11-19-16(12-23)18(20)22-21-17/h7,9,15-17,19,23H,5-6,8,10-12H2,1-4H3/t15?,16-,17?/m0/s1. The van der Waals surface area contributed by atoms with Crippen molar-refractivity contribution in [1.29, 1.82) is 0 Å². The summed E-state index contributed by atoms with van der Waals surface area (Å²) in [6, 6.07) is -0.382. The molecule has 1 heterocycles. The van der Waals surface area contributed by atoms with Crippen LogP contribution >= 0.6 is 12.6 Å². The van der Waals surface area contributed by atoms with E-state index < -0.39 is 0 Å². The minimum atomic E-state index is -0.385. The molecule has 0 aromatic rings. The van der Waals surface area contributed by atoms with Crippen LogP contribution in [0.3, 0.4) is 0 Å². The molecular formula is C18H31NO3S. The molecule has 1 fully saturated rings. The zero-order valence-corrected chi connectivity index (χ0v) is 15.7.